The normalized spacial score (nSPS) is 10.3. The van der Waals surface area contributed by atoms with Crippen LogP contribution >= 0.6 is 11.3 Å². The molecule has 6 heteroatoms. The van der Waals surface area contributed by atoms with Crippen LogP contribution in [0.15, 0.2) is 30.5 Å². The minimum absolute atomic E-state index is 0.0312. The summed E-state index contributed by atoms with van der Waals surface area (Å²) >= 11 is 1.44. The van der Waals surface area contributed by atoms with Crippen LogP contribution in [0.4, 0.5) is 5.00 Å². The van der Waals surface area contributed by atoms with Crippen molar-refractivity contribution in [3.05, 3.63) is 30.5 Å². The first-order valence-electron chi connectivity index (χ1n) is 6.33. The summed E-state index contributed by atoms with van der Waals surface area (Å²) in [6, 6.07) is 7.67. The SMILES string of the molecule is COc1cccc(-c2ncc(NC(=O)CCCN)s2)c1. The molecule has 0 radical (unpaired) electrons. The molecule has 0 aliphatic heterocycles. The van der Waals surface area contributed by atoms with Crippen LogP contribution in [0, 0.1) is 0 Å². The molecule has 3 N–H and O–H groups in total. The van der Waals surface area contributed by atoms with Gasteiger partial charge in [0, 0.05) is 12.0 Å². The highest BCUT2D eigenvalue weighted by molar-refractivity contribution is 7.19. The Morgan fingerprint density at radius 2 is 2.35 bits per heavy atom. The Morgan fingerprint density at radius 3 is 3.10 bits per heavy atom. The average Bonchev–Trinajstić information content (AvgIpc) is 2.93. The van der Waals surface area contributed by atoms with Crippen LogP contribution in [0.1, 0.15) is 12.8 Å². The van der Waals surface area contributed by atoms with E-state index < -0.39 is 0 Å². The molecule has 1 amide bonds. The van der Waals surface area contributed by atoms with Crippen molar-refractivity contribution in [2.75, 3.05) is 19.0 Å². The molecule has 1 heterocycles. The second-order valence-corrected chi connectivity index (χ2v) is 5.23. The van der Waals surface area contributed by atoms with E-state index in [9.17, 15) is 4.79 Å². The summed E-state index contributed by atoms with van der Waals surface area (Å²) in [5.74, 6) is 0.752. The zero-order valence-corrected chi connectivity index (χ0v) is 12.1. The van der Waals surface area contributed by atoms with Crippen LogP contribution in [0.3, 0.4) is 0 Å². The summed E-state index contributed by atoms with van der Waals surface area (Å²) in [5, 5.41) is 4.41. The molecule has 0 aliphatic rings. The number of amides is 1. The molecule has 20 heavy (non-hydrogen) atoms. The van der Waals surface area contributed by atoms with Crippen LogP contribution in [0.2, 0.25) is 0 Å². The third-order valence-corrected chi connectivity index (χ3v) is 3.65. The second-order valence-electron chi connectivity index (χ2n) is 4.20. The predicted octanol–water partition coefficient (Wildman–Crippen LogP) is 2.50. The van der Waals surface area contributed by atoms with Gasteiger partial charge in [-0.25, -0.2) is 4.98 Å². The number of nitrogens with zero attached hydrogens (tertiary/aromatic N) is 1. The van der Waals surface area contributed by atoms with Gasteiger partial charge in [-0.15, -0.1) is 0 Å². The van der Waals surface area contributed by atoms with E-state index in [-0.39, 0.29) is 5.91 Å². The number of carbonyl (C=O) groups is 1. The number of methoxy groups -OCH3 is 1. The van der Waals surface area contributed by atoms with Crippen molar-refractivity contribution in [2.24, 2.45) is 5.73 Å². The van der Waals surface area contributed by atoms with E-state index in [0.717, 1.165) is 21.3 Å². The number of nitrogens with two attached hydrogens (primary N) is 1. The Labute approximate surface area is 121 Å². The number of thiazole rings is 1. The number of hydrogen-bond donors (Lipinski definition) is 2. The molecular formula is C14H17N3O2S. The van der Waals surface area contributed by atoms with Crippen LogP contribution in [-0.4, -0.2) is 24.5 Å². The van der Waals surface area contributed by atoms with Crippen molar-refractivity contribution >= 4 is 22.2 Å². The van der Waals surface area contributed by atoms with Gasteiger partial charge in [-0.1, -0.05) is 23.5 Å². The lowest BCUT2D eigenvalue weighted by Gasteiger charge is -2.01. The molecule has 0 unspecified atom stereocenters. The van der Waals surface area contributed by atoms with Crippen LogP contribution < -0.4 is 15.8 Å². The number of ether oxygens (including phenoxy) is 1. The van der Waals surface area contributed by atoms with Gasteiger partial charge in [-0.3, -0.25) is 4.79 Å². The van der Waals surface area contributed by atoms with Crippen LogP contribution in [0.25, 0.3) is 10.6 Å². The molecule has 1 aromatic carbocycles. The lowest BCUT2D eigenvalue weighted by atomic mass is 10.2. The van der Waals surface area contributed by atoms with Gasteiger partial charge in [0.05, 0.1) is 13.3 Å². The Balaban J connectivity index is 2.06. The van der Waals surface area contributed by atoms with E-state index in [0.29, 0.717) is 19.4 Å². The third-order valence-electron chi connectivity index (χ3n) is 2.69. The first kappa shape index (κ1) is 14.5. The van der Waals surface area contributed by atoms with E-state index in [4.69, 9.17) is 10.5 Å². The third kappa shape index (κ3) is 3.79. The van der Waals surface area contributed by atoms with Crippen molar-refractivity contribution in [1.29, 1.82) is 0 Å². The van der Waals surface area contributed by atoms with Crippen LogP contribution in [0.5, 0.6) is 5.75 Å². The van der Waals surface area contributed by atoms with Gasteiger partial charge in [0.25, 0.3) is 0 Å². The van der Waals surface area contributed by atoms with Gasteiger partial charge in [-0.2, -0.15) is 0 Å². The lowest BCUT2D eigenvalue weighted by Crippen LogP contribution is -2.12. The molecule has 106 valence electrons. The summed E-state index contributed by atoms with van der Waals surface area (Å²) in [5.41, 5.74) is 6.35. The largest absolute Gasteiger partial charge is 0.497 e. The number of carbonyl (C=O) groups excluding carboxylic acids is 1. The summed E-state index contributed by atoms with van der Waals surface area (Å²) in [7, 11) is 1.63. The quantitative estimate of drug-likeness (QED) is 0.857. The molecule has 0 fully saturated rings. The maximum Gasteiger partial charge on any atom is 0.225 e. The Bertz CT molecular complexity index is 583. The molecule has 2 rings (SSSR count). The van der Waals surface area contributed by atoms with Crippen molar-refractivity contribution < 1.29 is 9.53 Å². The highest BCUT2D eigenvalue weighted by Crippen LogP contribution is 2.30. The molecule has 1 aromatic heterocycles. The highest BCUT2D eigenvalue weighted by Gasteiger charge is 2.08. The number of hydrogen-bond acceptors (Lipinski definition) is 5. The number of anilines is 1. The van der Waals surface area contributed by atoms with Crippen molar-refractivity contribution in [3.63, 3.8) is 0 Å². The maximum atomic E-state index is 11.6. The minimum atomic E-state index is -0.0312. The standard InChI is InChI=1S/C14H17N3O2S/c1-19-11-5-2-4-10(8-11)14-16-9-13(20-14)17-12(18)6-3-7-15/h2,4-5,8-9H,3,6-7,15H2,1H3,(H,17,18). The molecular weight excluding hydrogens is 274 g/mol. The number of rotatable bonds is 6. The number of aromatic nitrogens is 1. The van der Waals surface area contributed by atoms with E-state index in [1.165, 1.54) is 11.3 Å². The minimum Gasteiger partial charge on any atom is -0.497 e. The fraction of sp³-hybridized carbons (Fsp3) is 0.286. The summed E-state index contributed by atoms with van der Waals surface area (Å²) in [6.45, 7) is 0.519. The van der Waals surface area contributed by atoms with Gasteiger partial charge >= 0.3 is 0 Å². The van der Waals surface area contributed by atoms with Gasteiger partial charge < -0.3 is 15.8 Å². The Kier molecular flexibility index (Phi) is 5.09. The van der Waals surface area contributed by atoms with E-state index in [1.54, 1.807) is 13.3 Å². The zero-order valence-electron chi connectivity index (χ0n) is 11.3. The Morgan fingerprint density at radius 1 is 1.50 bits per heavy atom. The molecule has 5 nitrogen and oxygen atoms in total. The molecule has 0 bridgehead atoms. The first-order valence-corrected chi connectivity index (χ1v) is 7.14. The van der Waals surface area contributed by atoms with Gasteiger partial charge in [-0.05, 0) is 25.1 Å². The summed E-state index contributed by atoms with van der Waals surface area (Å²) < 4.78 is 5.19. The van der Waals surface area contributed by atoms with Gasteiger partial charge in [0.1, 0.15) is 15.8 Å². The first-order chi connectivity index (χ1) is 9.72. The average molecular weight is 291 g/mol. The smallest absolute Gasteiger partial charge is 0.225 e. The molecule has 0 saturated heterocycles. The number of benzene rings is 1. The maximum absolute atomic E-state index is 11.6. The topological polar surface area (TPSA) is 77.2 Å². The summed E-state index contributed by atoms with van der Waals surface area (Å²) in [6.07, 6.45) is 2.79. The second kappa shape index (κ2) is 7.02. The van der Waals surface area contributed by atoms with E-state index in [2.05, 4.69) is 10.3 Å². The molecule has 2 aromatic rings. The highest BCUT2D eigenvalue weighted by atomic mass is 32.1. The molecule has 0 aliphatic carbocycles. The van der Waals surface area contributed by atoms with E-state index in [1.807, 2.05) is 24.3 Å². The molecule has 0 spiro atoms. The van der Waals surface area contributed by atoms with Gasteiger partial charge in [0.2, 0.25) is 5.91 Å². The van der Waals surface area contributed by atoms with Crippen molar-refractivity contribution in [3.8, 4) is 16.3 Å². The Hall–Kier alpha value is -1.92. The van der Waals surface area contributed by atoms with Crippen LogP contribution in [-0.2, 0) is 4.79 Å². The lowest BCUT2D eigenvalue weighted by molar-refractivity contribution is -0.116. The predicted molar refractivity (Wildman–Crippen MR) is 81.0 cm³/mol. The monoisotopic (exact) mass is 291 g/mol. The van der Waals surface area contributed by atoms with Crippen molar-refractivity contribution in [2.45, 2.75) is 12.8 Å². The van der Waals surface area contributed by atoms with E-state index >= 15 is 0 Å². The van der Waals surface area contributed by atoms with Gasteiger partial charge in [0.15, 0.2) is 0 Å². The molecule has 0 saturated carbocycles. The zero-order chi connectivity index (χ0) is 14.4. The molecule has 0 atom stereocenters. The fourth-order valence-corrected chi connectivity index (χ4v) is 2.51. The summed E-state index contributed by atoms with van der Waals surface area (Å²) in [4.78, 5) is 15.9. The van der Waals surface area contributed by atoms with Crippen molar-refractivity contribution in [1.82, 2.24) is 4.98 Å². The fourth-order valence-electron chi connectivity index (χ4n) is 1.68. The number of nitrogens with one attached hydrogen (secondary N) is 1.